The fourth-order valence-electron chi connectivity index (χ4n) is 1.03. The first kappa shape index (κ1) is 23.8. The van der Waals surface area contributed by atoms with Crippen LogP contribution < -0.4 is 0 Å². The van der Waals surface area contributed by atoms with Crippen LogP contribution in [0.25, 0.3) is 0 Å². The van der Waals surface area contributed by atoms with E-state index in [4.69, 9.17) is 46.0 Å². The van der Waals surface area contributed by atoms with E-state index in [2.05, 4.69) is 0 Å². The molecule has 0 bridgehead atoms. The summed E-state index contributed by atoms with van der Waals surface area (Å²) in [5.74, 6) is -1.76. The number of carbonyl (C=O) groups excluding carboxylic acids is 2. The van der Waals surface area contributed by atoms with E-state index in [9.17, 15) is 14.4 Å². The Morgan fingerprint density at radius 3 is 1.48 bits per heavy atom. The van der Waals surface area contributed by atoms with Crippen molar-refractivity contribution < 1.29 is 60.3 Å². The lowest BCUT2D eigenvalue weighted by Crippen LogP contribution is -2.48. The molecule has 0 fully saturated rings. The van der Waals surface area contributed by atoms with Gasteiger partial charge in [-0.05, 0) is 0 Å². The Kier molecular flexibility index (Phi) is 12.4. The highest BCUT2D eigenvalue weighted by molar-refractivity contribution is 5.73. The number of hydrogen-bond donors (Lipinski definition) is 9. The van der Waals surface area contributed by atoms with Crippen molar-refractivity contribution in [1.29, 1.82) is 0 Å². The number of aldehydes is 2. The quantitative estimate of drug-likeness (QED) is 0.178. The molecule has 12 nitrogen and oxygen atoms in total. The van der Waals surface area contributed by atoms with Crippen LogP contribution in [-0.4, -0.2) is 114 Å². The number of aliphatic hydroxyl groups is 8. The number of aliphatic carboxylic acids is 1. The molecule has 0 rings (SSSR count). The van der Waals surface area contributed by atoms with Crippen molar-refractivity contribution >= 4 is 18.5 Å². The summed E-state index contributed by atoms with van der Waals surface area (Å²) in [6.07, 6.45) is -13.0. The zero-order valence-corrected chi connectivity index (χ0v) is 11.7. The van der Waals surface area contributed by atoms with Gasteiger partial charge in [-0.1, -0.05) is 0 Å². The van der Waals surface area contributed by atoms with Crippen molar-refractivity contribution in [3.05, 3.63) is 0 Å². The third-order valence-corrected chi connectivity index (χ3v) is 2.49. The van der Waals surface area contributed by atoms with Crippen molar-refractivity contribution in [2.45, 2.75) is 42.7 Å². The summed E-state index contributed by atoms with van der Waals surface area (Å²) >= 11 is 0. The molecule has 7 atom stereocenters. The summed E-state index contributed by atoms with van der Waals surface area (Å²) in [6.45, 7) is -0.688. The first-order valence-corrected chi connectivity index (χ1v) is 6.05. The maximum atomic E-state index is 10.1. The third kappa shape index (κ3) is 8.63. The van der Waals surface area contributed by atoms with E-state index in [0.717, 1.165) is 0 Å². The molecule has 0 aliphatic carbocycles. The molecular formula is C11H20O12. The standard InChI is InChI=1S/C6H10O7.C5H10O5/c7-1-2(8)3(9)4(10)5(11)6(12)13;6-1-3(8)5(10)4(9)2-7/h1-5,8-11H,(H,12,13);1,3-5,7-10H,2H2/t2-,3+,4+,5-;3-,4+,5+/m00/s1. The van der Waals surface area contributed by atoms with Crippen molar-refractivity contribution in [1.82, 2.24) is 0 Å². The van der Waals surface area contributed by atoms with Crippen LogP contribution >= 0.6 is 0 Å². The number of carboxylic acid groups (broad SMARTS) is 1. The summed E-state index contributed by atoms with van der Waals surface area (Å²) < 4.78 is 0. The van der Waals surface area contributed by atoms with Gasteiger partial charge in [-0.2, -0.15) is 0 Å². The molecule has 0 aromatic carbocycles. The summed E-state index contributed by atoms with van der Waals surface area (Å²) in [4.78, 5) is 29.7. The minimum Gasteiger partial charge on any atom is -0.479 e. The Morgan fingerprint density at radius 1 is 0.783 bits per heavy atom. The number of hydrogen-bond acceptors (Lipinski definition) is 11. The lowest BCUT2D eigenvalue weighted by Gasteiger charge is -2.21. The van der Waals surface area contributed by atoms with Gasteiger partial charge in [-0.25, -0.2) is 4.79 Å². The maximum Gasteiger partial charge on any atom is 0.335 e. The molecule has 0 spiro atoms. The van der Waals surface area contributed by atoms with Crippen molar-refractivity contribution in [2.75, 3.05) is 6.61 Å². The van der Waals surface area contributed by atoms with Crippen molar-refractivity contribution in [2.24, 2.45) is 0 Å². The summed E-state index contributed by atoms with van der Waals surface area (Å²) in [7, 11) is 0. The molecule has 9 N–H and O–H groups in total. The molecule has 136 valence electrons. The second kappa shape index (κ2) is 12.0. The lowest BCUT2D eigenvalue weighted by atomic mass is 10.0. The van der Waals surface area contributed by atoms with E-state index in [1.165, 1.54) is 0 Å². The molecule has 0 amide bonds. The highest BCUT2D eigenvalue weighted by Gasteiger charge is 2.34. The first-order valence-electron chi connectivity index (χ1n) is 6.05. The van der Waals surface area contributed by atoms with E-state index < -0.39 is 55.3 Å². The molecule has 0 unspecified atom stereocenters. The van der Waals surface area contributed by atoms with Crippen LogP contribution in [0.4, 0.5) is 0 Å². The average molecular weight is 344 g/mol. The fourth-order valence-corrected chi connectivity index (χ4v) is 1.03. The lowest BCUT2D eigenvalue weighted by molar-refractivity contribution is -0.163. The van der Waals surface area contributed by atoms with Gasteiger partial charge in [0, 0.05) is 0 Å². The minimum atomic E-state index is -2.25. The molecule has 0 aromatic heterocycles. The van der Waals surface area contributed by atoms with Gasteiger partial charge in [0.25, 0.3) is 0 Å². The molecule has 12 heteroatoms. The molecule has 0 aliphatic rings. The molecule has 0 saturated heterocycles. The normalized spacial score (nSPS) is 19.8. The summed E-state index contributed by atoms with van der Waals surface area (Å²) in [5.41, 5.74) is 0. The zero-order valence-electron chi connectivity index (χ0n) is 11.7. The number of carbonyl (C=O) groups is 3. The number of aliphatic hydroxyl groups excluding tert-OH is 8. The van der Waals surface area contributed by atoms with Crippen molar-refractivity contribution in [3.63, 3.8) is 0 Å². The van der Waals surface area contributed by atoms with E-state index in [-0.39, 0.29) is 12.6 Å². The zero-order chi connectivity index (χ0) is 18.7. The molecule has 23 heavy (non-hydrogen) atoms. The third-order valence-electron chi connectivity index (χ3n) is 2.49. The van der Waals surface area contributed by atoms with Crippen LogP contribution in [0.3, 0.4) is 0 Å². The van der Waals surface area contributed by atoms with E-state index in [0.29, 0.717) is 0 Å². The Hall–Kier alpha value is -1.51. The predicted octanol–water partition coefficient (Wildman–Crippen LogP) is -6.03. The second-order valence-corrected chi connectivity index (χ2v) is 4.26. The molecule has 0 aromatic rings. The van der Waals surface area contributed by atoms with Gasteiger partial charge >= 0.3 is 5.97 Å². The molecule has 0 heterocycles. The molecular weight excluding hydrogens is 324 g/mol. The second-order valence-electron chi connectivity index (χ2n) is 4.26. The van der Waals surface area contributed by atoms with Crippen LogP contribution in [0, 0.1) is 0 Å². The highest BCUT2D eigenvalue weighted by atomic mass is 16.4. The largest absolute Gasteiger partial charge is 0.479 e. The molecule has 0 radical (unpaired) electrons. The van der Waals surface area contributed by atoms with Gasteiger partial charge in [-0.3, -0.25) is 0 Å². The van der Waals surface area contributed by atoms with Gasteiger partial charge in [0.15, 0.2) is 18.7 Å². The van der Waals surface area contributed by atoms with E-state index >= 15 is 0 Å². The minimum absolute atomic E-state index is 0.0809. The monoisotopic (exact) mass is 344 g/mol. The average Bonchev–Trinajstić information content (AvgIpc) is 2.56. The van der Waals surface area contributed by atoms with Crippen molar-refractivity contribution in [3.8, 4) is 0 Å². The van der Waals surface area contributed by atoms with Crippen LogP contribution in [0.1, 0.15) is 0 Å². The highest BCUT2D eigenvalue weighted by Crippen LogP contribution is 2.03. The first-order chi connectivity index (χ1) is 10.5. The predicted molar refractivity (Wildman–Crippen MR) is 68.9 cm³/mol. The summed E-state index contributed by atoms with van der Waals surface area (Å²) in [5, 5.41) is 77.2. The Balaban J connectivity index is 0. The Labute approximate surface area is 129 Å². The fraction of sp³-hybridized carbons (Fsp3) is 0.727. The van der Waals surface area contributed by atoms with Gasteiger partial charge in [-0.15, -0.1) is 0 Å². The topological polar surface area (TPSA) is 233 Å². The number of rotatable bonds is 9. The SMILES string of the molecule is O=C[C@H](O)[C@@H](O)[C@@H](O)[C@H](O)C(=O)O.O=C[C@H](O)[C@@H](O)[C@H](O)CO. The van der Waals surface area contributed by atoms with E-state index in [1.54, 1.807) is 0 Å². The van der Waals surface area contributed by atoms with Crippen LogP contribution in [0.2, 0.25) is 0 Å². The Morgan fingerprint density at radius 2 is 1.17 bits per heavy atom. The van der Waals surface area contributed by atoms with E-state index in [1.807, 2.05) is 0 Å². The van der Waals surface area contributed by atoms with Crippen LogP contribution in [0.5, 0.6) is 0 Å². The van der Waals surface area contributed by atoms with Crippen LogP contribution in [0.15, 0.2) is 0 Å². The molecule has 0 aliphatic heterocycles. The van der Waals surface area contributed by atoms with Crippen LogP contribution in [-0.2, 0) is 14.4 Å². The Bertz CT molecular complexity index is 361. The van der Waals surface area contributed by atoms with Gasteiger partial charge < -0.3 is 55.5 Å². The van der Waals surface area contributed by atoms with Gasteiger partial charge in [0.1, 0.15) is 36.6 Å². The summed E-state index contributed by atoms with van der Waals surface area (Å²) in [6, 6.07) is 0. The van der Waals surface area contributed by atoms with Gasteiger partial charge in [0.05, 0.1) is 6.61 Å². The molecule has 0 saturated carbocycles. The number of carboxylic acids is 1. The van der Waals surface area contributed by atoms with Gasteiger partial charge in [0.2, 0.25) is 0 Å². The maximum absolute atomic E-state index is 10.1. The smallest absolute Gasteiger partial charge is 0.335 e.